The second-order valence-electron chi connectivity index (χ2n) is 17.0. The summed E-state index contributed by atoms with van der Waals surface area (Å²) in [6.45, 7) is 1.46. The van der Waals surface area contributed by atoms with Gasteiger partial charge in [-0.05, 0) is 124 Å². The Balaban J connectivity index is 0.844. The quantitative estimate of drug-likeness (QED) is 0.122. The highest BCUT2D eigenvalue weighted by Gasteiger charge is 2.39. The van der Waals surface area contributed by atoms with Gasteiger partial charge in [0, 0.05) is 37.0 Å². The van der Waals surface area contributed by atoms with Crippen LogP contribution in [-0.4, -0.2) is 93.1 Å². The Morgan fingerprint density at radius 1 is 0.550 bits per heavy atom. The van der Waals surface area contributed by atoms with Gasteiger partial charge in [-0.25, -0.2) is 19.6 Å². The summed E-state index contributed by atoms with van der Waals surface area (Å²) in [4.78, 5) is 71.9. The van der Waals surface area contributed by atoms with E-state index < -0.39 is 12.2 Å². The zero-order valence-corrected chi connectivity index (χ0v) is 34.4. The van der Waals surface area contributed by atoms with Gasteiger partial charge in [0.25, 0.3) is 0 Å². The number of likely N-dealkylation sites (tertiary alicyclic amines) is 2. The normalized spacial score (nSPS) is 24.4. The Kier molecular flexibility index (Phi) is 11.2. The molecule has 2 atom stereocenters. The number of hydrogen-bond acceptors (Lipinski definition) is 8. The van der Waals surface area contributed by atoms with Gasteiger partial charge in [-0.3, -0.25) is 9.59 Å². The van der Waals surface area contributed by atoms with Crippen molar-refractivity contribution in [1.29, 1.82) is 0 Å². The highest BCUT2D eigenvalue weighted by Crippen LogP contribution is 2.38. The second kappa shape index (κ2) is 17.0. The van der Waals surface area contributed by atoms with Gasteiger partial charge >= 0.3 is 12.2 Å². The minimum absolute atomic E-state index is 0.0410. The number of methoxy groups -OCH3 is 2. The smallest absolute Gasteiger partial charge is 0.407 e. The third kappa shape index (κ3) is 8.03. The number of fused-ring (bicyclic) bond motifs is 2. The van der Waals surface area contributed by atoms with E-state index in [0.717, 1.165) is 146 Å². The van der Waals surface area contributed by atoms with Crippen LogP contribution in [0.5, 0.6) is 0 Å². The molecule has 60 heavy (non-hydrogen) atoms. The second-order valence-corrected chi connectivity index (χ2v) is 17.0. The Hall–Kier alpha value is -5.92. The Labute approximate surface area is 349 Å². The molecular formula is C46H54N8O6. The third-order valence-corrected chi connectivity index (χ3v) is 13.4. The van der Waals surface area contributed by atoms with Crippen LogP contribution in [0, 0.1) is 11.8 Å². The highest BCUT2D eigenvalue weighted by atomic mass is 16.5. The van der Waals surface area contributed by atoms with Gasteiger partial charge in [0.05, 0.1) is 48.4 Å². The summed E-state index contributed by atoms with van der Waals surface area (Å²) < 4.78 is 9.50. The fraction of sp³-hybridized carbons (Fsp3) is 0.478. The summed E-state index contributed by atoms with van der Waals surface area (Å²) in [5.74, 6) is 1.97. The summed E-state index contributed by atoms with van der Waals surface area (Å²) in [7, 11) is 2.74. The molecular weight excluding hydrogens is 761 g/mol. The number of nitrogens with zero attached hydrogens (tertiary/aromatic N) is 4. The van der Waals surface area contributed by atoms with E-state index in [1.807, 2.05) is 9.80 Å². The van der Waals surface area contributed by atoms with Gasteiger partial charge in [-0.2, -0.15) is 0 Å². The van der Waals surface area contributed by atoms with Crippen LogP contribution in [0.4, 0.5) is 9.59 Å². The van der Waals surface area contributed by atoms with Gasteiger partial charge in [-0.1, -0.05) is 36.4 Å². The van der Waals surface area contributed by atoms with Crippen molar-refractivity contribution in [1.82, 2.24) is 40.4 Å². The summed E-state index contributed by atoms with van der Waals surface area (Å²) in [5, 5.41) is 5.76. The van der Waals surface area contributed by atoms with Gasteiger partial charge in [0.15, 0.2) is 0 Å². The fourth-order valence-corrected chi connectivity index (χ4v) is 10.1. The van der Waals surface area contributed by atoms with Crippen LogP contribution in [0.25, 0.3) is 44.3 Å². The van der Waals surface area contributed by atoms with E-state index in [9.17, 15) is 19.2 Å². The lowest BCUT2D eigenvalue weighted by Crippen LogP contribution is -2.42. The van der Waals surface area contributed by atoms with Crippen LogP contribution >= 0.6 is 0 Å². The number of rotatable bonds is 8. The monoisotopic (exact) mass is 814 g/mol. The van der Waals surface area contributed by atoms with Gasteiger partial charge in [0.1, 0.15) is 11.6 Å². The summed E-state index contributed by atoms with van der Waals surface area (Å²) >= 11 is 0. The van der Waals surface area contributed by atoms with Crippen LogP contribution in [0.1, 0.15) is 101 Å². The maximum atomic E-state index is 13.7. The topological polar surface area (TPSA) is 175 Å². The highest BCUT2D eigenvalue weighted by molar-refractivity contribution is 5.86. The van der Waals surface area contributed by atoms with Gasteiger partial charge in [0.2, 0.25) is 11.8 Å². The largest absolute Gasteiger partial charge is 0.453 e. The number of alkyl carbamates (subject to hydrolysis) is 2. The number of carbonyl (C=O) groups is 4. The molecule has 4 N–H and O–H groups in total. The number of aromatic nitrogens is 4. The average molecular weight is 815 g/mol. The van der Waals surface area contributed by atoms with Crippen molar-refractivity contribution in [3.05, 3.63) is 72.3 Å². The number of hydrogen-bond donors (Lipinski definition) is 4. The molecule has 2 aliphatic heterocycles. The van der Waals surface area contributed by atoms with E-state index in [-0.39, 0.29) is 47.8 Å². The van der Waals surface area contributed by atoms with Crippen molar-refractivity contribution in [2.75, 3.05) is 27.3 Å². The van der Waals surface area contributed by atoms with Crippen LogP contribution in [0.15, 0.2) is 60.7 Å². The van der Waals surface area contributed by atoms with Crippen molar-refractivity contribution < 1.29 is 28.7 Å². The first-order valence-corrected chi connectivity index (χ1v) is 21.6. The minimum atomic E-state index is -0.417. The van der Waals surface area contributed by atoms with Crippen LogP contribution in [0.2, 0.25) is 0 Å². The van der Waals surface area contributed by atoms with Crippen LogP contribution in [-0.2, 0) is 19.1 Å². The molecule has 0 bridgehead atoms. The number of imidazole rings is 2. The maximum absolute atomic E-state index is 13.7. The molecule has 5 aromatic rings. The standard InChI is InChI=1S/C46H54N8O6/c1-59-45(57)47-33-17-11-29(12-18-33)43(55)53-23-3-5-39(53)41-49-35-21-15-31(25-37(35)51-41)27-7-9-28(10-8-27)32-16-22-36-38(26-32)52-42(50-36)40-6-4-24-54(40)44(56)30-13-19-34(20-14-30)48-46(58)60-2/h7-10,15-16,21-22,25-26,29-30,33-34,39-40H,3-6,11-14,17-20,23-24H2,1-2H3,(H,47,57)(H,48,58)(H,49,51)(H,50,52)/t29-,30-,33-,34-,39-,40-/m0/s1. The molecule has 4 heterocycles. The molecule has 9 rings (SSSR count). The summed E-state index contributed by atoms with van der Waals surface area (Å²) in [6, 6.07) is 21.1. The van der Waals surface area contributed by atoms with E-state index >= 15 is 0 Å². The molecule has 2 saturated carbocycles. The van der Waals surface area contributed by atoms with Crippen molar-refractivity contribution in [3.63, 3.8) is 0 Å². The van der Waals surface area contributed by atoms with E-state index in [0.29, 0.717) is 0 Å². The van der Waals surface area contributed by atoms with Crippen molar-refractivity contribution >= 4 is 46.1 Å². The molecule has 2 aliphatic carbocycles. The third-order valence-electron chi connectivity index (χ3n) is 13.4. The van der Waals surface area contributed by atoms with Crippen LogP contribution < -0.4 is 10.6 Å². The molecule has 0 radical (unpaired) electrons. The SMILES string of the molecule is COC(=O)N[C@H]1CC[C@H](C(=O)N2CCC[C@H]2c2nc3cc(-c4ccc(-c5ccc6[nH]c([C@@H]7CCCN7C(=O)[C@H]7CC[C@H](NC(=O)OC)CC7)nc6c5)cc4)ccc3[nH]2)CC1. The zero-order chi connectivity index (χ0) is 41.3. The number of amides is 4. The lowest BCUT2D eigenvalue weighted by atomic mass is 9.85. The molecule has 4 aliphatic rings. The van der Waals surface area contributed by atoms with E-state index in [2.05, 4.69) is 81.3 Å². The van der Waals surface area contributed by atoms with Crippen molar-refractivity contribution in [3.8, 4) is 22.3 Å². The summed E-state index contributed by atoms with van der Waals surface area (Å²) in [5.41, 5.74) is 7.97. The molecule has 0 unspecified atom stereocenters. The Morgan fingerprint density at radius 3 is 1.32 bits per heavy atom. The van der Waals surface area contributed by atoms with E-state index in [1.165, 1.54) is 14.2 Å². The predicted octanol–water partition coefficient (Wildman–Crippen LogP) is 7.93. The average Bonchev–Trinajstić information content (AvgIpc) is 4.12. The Bertz CT molecular complexity index is 2210. The first-order valence-electron chi connectivity index (χ1n) is 21.6. The van der Waals surface area contributed by atoms with Crippen LogP contribution in [0.3, 0.4) is 0 Å². The molecule has 4 fully saturated rings. The molecule has 2 saturated heterocycles. The van der Waals surface area contributed by atoms with Crippen molar-refractivity contribution in [2.24, 2.45) is 11.8 Å². The maximum Gasteiger partial charge on any atom is 0.407 e. The molecule has 3 aromatic carbocycles. The minimum Gasteiger partial charge on any atom is -0.453 e. The number of H-pyrrole nitrogens is 2. The first-order chi connectivity index (χ1) is 29.2. The number of aromatic amines is 2. The molecule has 314 valence electrons. The number of nitrogens with one attached hydrogen (secondary N) is 4. The number of ether oxygens (including phenoxy) is 2. The zero-order valence-electron chi connectivity index (χ0n) is 34.4. The molecule has 0 spiro atoms. The van der Waals surface area contributed by atoms with Gasteiger partial charge in [-0.15, -0.1) is 0 Å². The summed E-state index contributed by atoms with van der Waals surface area (Å²) in [6.07, 6.45) is 8.91. The molecule has 14 heteroatoms. The van der Waals surface area contributed by atoms with Gasteiger partial charge < -0.3 is 39.9 Å². The van der Waals surface area contributed by atoms with E-state index in [4.69, 9.17) is 19.4 Å². The number of benzene rings is 3. The molecule has 4 amide bonds. The first kappa shape index (κ1) is 39.5. The lowest BCUT2D eigenvalue weighted by molar-refractivity contribution is -0.138. The van der Waals surface area contributed by atoms with E-state index in [1.54, 1.807) is 0 Å². The Morgan fingerprint density at radius 2 is 0.933 bits per heavy atom. The lowest BCUT2D eigenvalue weighted by Gasteiger charge is -2.32. The molecule has 14 nitrogen and oxygen atoms in total. The molecule has 2 aromatic heterocycles. The fourth-order valence-electron chi connectivity index (χ4n) is 10.1. The predicted molar refractivity (Wildman–Crippen MR) is 227 cm³/mol. The van der Waals surface area contributed by atoms with Crippen molar-refractivity contribution in [2.45, 2.75) is 101 Å². The number of carbonyl (C=O) groups excluding carboxylic acids is 4.